The number of ether oxygens (including phenoxy) is 2. The number of hydrogen-bond acceptors (Lipinski definition) is 4. The number of fused-ring (bicyclic) bond motifs is 1. The van der Waals surface area contributed by atoms with E-state index in [1.165, 1.54) is 0 Å². The highest BCUT2D eigenvalue weighted by Crippen LogP contribution is 2.29. The zero-order valence-corrected chi connectivity index (χ0v) is 15.5. The van der Waals surface area contributed by atoms with Crippen molar-refractivity contribution < 1.29 is 9.47 Å². The van der Waals surface area contributed by atoms with E-state index in [1.807, 2.05) is 54.9 Å². The van der Waals surface area contributed by atoms with Crippen molar-refractivity contribution in [3.63, 3.8) is 0 Å². The molecule has 0 saturated heterocycles. The monoisotopic (exact) mass is 348 g/mol. The number of methoxy groups -OCH3 is 1. The first-order valence-electron chi connectivity index (χ1n) is 8.85. The van der Waals surface area contributed by atoms with Gasteiger partial charge in [-0.25, -0.2) is 0 Å². The van der Waals surface area contributed by atoms with E-state index in [9.17, 15) is 0 Å². The van der Waals surface area contributed by atoms with Crippen LogP contribution in [0.25, 0.3) is 10.8 Å². The number of pyridine rings is 1. The summed E-state index contributed by atoms with van der Waals surface area (Å²) in [5, 5.41) is 2.16. The fourth-order valence-electron chi connectivity index (χ4n) is 2.65. The Morgan fingerprint density at radius 3 is 2.81 bits per heavy atom. The Labute approximate surface area is 154 Å². The van der Waals surface area contributed by atoms with Crippen molar-refractivity contribution in [2.24, 2.45) is 10.9 Å². The predicted molar refractivity (Wildman–Crippen MR) is 107 cm³/mol. The highest BCUT2D eigenvalue weighted by Gasteiger charge is 2.06. The van der Waals surface area contributed by atoms with Crippen molar-refractivity contribution in [3.05, 3.63) is 60.4 Å². The number of rotatable bonds is 7. The molecule has 0 aliphatic carbocycles. The molecule has 0 radical (unpaired) electrons. The largest absolute Gasteiger partial charge is 0.493 e. The van der Waals surface area contributed by atoms with Gasteiger partial charge in [0.05, 0.1) is 19.4 Å². The molecule has 4 heteroatoms. The zero-order chi connectivity index (χ0) is 18.4. The average Bonchev–Trinajstić information content (AvgIpc) is 2.66. The minimum Gasteiger partial charge on any atom is -0.493 e. The molecule has 0 bridgehead atoms. The standard InChI is InChI=1S/C22H24N2O2/c1-16(2)10-12-26-21-8-7-17(13-22(21)25-3)14-24-20-6-4-5-18-15-23-11-9-19(18)20/h4-9,11,13-16H,10,12H2,1-3H3. The summed E-state index contributed by atoms with van der Waals surface area (Å²) >= 11 is 0. The third-order valence-electron chi connectivity index (χ3n) is 4.15. The molecule has 3 rings (SSSR count). The Balaban J connectivity index is 1.80. The second-order valence-electron chi connectivity index (χ2n) is 6.57. The molecule has 4 nitrogen and oxygen atoms in total. The van der Waals surface area contributed by atoms with Crippen molar-refractivity contribution in [1.29, 1.82) is 0 Å². The Kier molecular flexibility index (Phi) is 5.84. The van der Waals surface area contributed by atoms with Crippen LogP contribution < -0.4 is 9.47 Å². The maximum Gasteiger partial charge on any atom is 0.161 e. The molecule has 1 heterocycles. The molecule has 0 unspecified atom stereocenters. The molecule has 26 heavy (non-hydrogen) atoms. The van der Waals surface area contributed by atoms with E-state index in [-0.39, 0.29) is 0 Å². The highest BCUT2D eigenvalue weighted by molar-refractivity contribution is 5.94. The van der Waals surface area contributed by atoms with Gasteiger partial charge >= 0.3 is 0 Å². The van der Waals surface area contributed by atoms with Crippen LogP contribution in [-0.4, -0.2) is 24.9 Å². The maximum absolute atomic E-state index is 5.84. The van der Waals surface area contributed by atoms with Gasteiger partial charge in [0, 0.05) is 29.4 Å². The summed E-state index contributed by atoms with van der Waals surface area (Å²) in [6, 6.07) is 13.9. The van der Waals surface area contributed by atoms with Crippen molar-refractivity contribution >= 4 is 22.7 Å². The van der Waals surface area contributed by atoms with Gasteiger partial charge in [0.25, 0.3) is 0 Å². The first kappa shape index (κ1) is 17.9. The first-order chi connectivity index (χ1) is 12.7. The van der Waals surface area contributed by atoms with Crippen molar-refractivity contribution in [3.8, 4) is 11.5 Å². The molecular weight excluding hydrogens is 324 g/mol. The molecule has 0 N–H and O–H groups in total. The lowest BCUT2D eigenvalue weighted by atomic mass is 10.1. The van der Waals surface area contributed by atoms with Crippen LogP contribution in [0.1, 0.15) is 25.8 Å². The SMILES string of the molecule is COc1cc(C=Nc2cccc3cnccc23)ccc1OCCC(C)C. The quantitative estimate of drug-likeness (QED) is 0.536. The summed E-state index contributed by atoms with van der Waals surface area (Å²) in [4.78, 5) is 8.80. The second-order valence-corrected chi connectivity index (χ2v) is 6.57. The number of aliphatic imine (C=N–C) groups is 1. The van der Waals surface area contributed by atoms with E-state index in [2.05, 4.69) is 23.8 Å². The summed E-state index contributed by atoms with van der Waals surface area (Å²) < 4.78 is 11.3. The lowest BCUT2D eigenvalue weighted by Gasteiger charge is -2.12. The van der Waals surface area contributed by atoms with E-state index < -0.39 is 0 Å². The number of nitrogens with zero attached hydrogens (tertiary/aromatic N) is 2. The van der Waals surface area contributed by atoms with E-state index in [0.717, 1.165) is 39.9 Å². The van der Waals surface area contributed by atoms with Gasteiger partial charge in [0.15, 0.2) is 11.5 Å². The third-order valence-corrected chi connectivity index (χ3v) is 4.15. The van der Waals surface area contributed by atoms with Crippen LogP contribution in [0.15, 0.2) is 59.9 Å². The van der Waals surface area contributed by atoms with Gasteiger partial charge in [-0.3, -0.25) is 9.98 Å². The maximum atomic E-state index is 5.84. The Morgan fingerprint density at radius 1 is 1.12 bits per heavy atom. The lowest BCUT2D eigenvalue weighted by Crippen LogP contribution is -2.02. The van der Waals surface area contributed by atoms with E-state index in [0.29, 0.717) is 12.5 Å². The summed E-state index contributed by atoms with van der Waals surface area (Å²) in [6.07, 6.45) is 6.49. The van der Waals surface area contributed by atoms with Crippen LogP contribution in [0.5, 0.6) is 11.5 Å². The van der Waals surface area contributed by atoms with Crippen LogP contribution in [-0.2, 0) is 0 Å². The Bertz CT molecular complexity index is 898. The molecule has 0 spiro atoms. The molecule has 134 valence electrons. The molecule has 0 aliphatic heterocycles. The van der Waals surface area contributed by atoms with Crippen molar-refractivity contribution in [1.82, 2.24) is 4.98 Å². The Morgan fingerprint density at radius 2 is 2.00 bits per heavy atom. The van der Waals surface area contributed by atoms with Gasteiger partial charge in [-0.05, 0) is 48.2 Å². The van der Waals surface area contributed by atoms with Crippen LogP contribution in [0.4, 0.5) is 5.69 Å². The Hall–Kier alpha value is -2.88. The molecular formula is C22H24N2O2. The van der Waals surface area contributed by atoms with E-state index >= 15 is 0 Å². The van der Waals surface area contributed by atoms with Gasteiger partial charge < -0.3 is 9.47 Å². The van der Waals surface area contributed by atoms with Crippen LogP contribution in [0, 0.1) is 5.92 Å². The van der Waals surface area contributed by atoms with Crippen LogP contribution >= 0.6 is 0 Å². The topological polar surface area (TPSA) is 43.7 Å². The van der Waals surface area contributed by atoms with E-state index in [4.69, 9.17) is 9.47 Å². The molecule has 0 saturated carbocycles. The van der Waals surface area contributed by atoms with Crippen molar-refractivity contribution in [2.45, 2.75) is 20.3 Å². The molecule has 1 aromatic heterocycles. The molecule has 0 amide bonds. The summed E-state index contributed by atoms with van der Waals surface area (Å²) in [5.41, 5.74) is 1.88. The summed E-state index contributed by atoms with van der Waals surface area (Å²) in [5.74, 6) is 2.10. The zero-order valence-electron chi connectivity index (χ0n) is 15.5. The van der Waals surface area contributed by atoms with Gasteiger partial charge in [0.2, 0.25) is 0 Å². The van der Waals surface area contributed by atoms with Crippen molar-refractivity contribution in [2.75, 3.05) is 13.7 Å². The smallest absolute Gasteiger partial charge is 0.161 e. The average molecular weight is 348 g/mol. The van der Waals surface area contributed by atoms with Gasteiger partial charge in [0.1, 0.15) is 0 Å². The first-order valence-corrected chi connectivity index (χ1v) is 8.85. The van der Waals surface area contributed by atoms with Gasteiger partial charge in [-0.1, -0.05) is 26.0 Å². The number of aromatic nitrogens is 1. The highest BCUT2D eigenvalue weighted by atomic mass is 16.5. The lowest BCUT2D eigenvalue weighted by molar-refractivity contribution is 0.273. The van der Waals surface area contributed by atoms with E-state index in [1.54, 1.807) is 13.3 Å². The number of hydrogen-bond donors (Lipinski definition) is 0. The molecule has 0 fully saturated rings. The molecule has 0 atom stereocenters. The van der Waals surface area contributed by atoms with Gasteiger partial charge in [-0.2, -0.15) is 0 Å². The third kappa shape index (κ3) is 4.39. The molecule has 3 aromatic rings. The normalized spacial score (nSPS) is 11.4. The fourth-order valence-corrected chi connectivity index (χ4v) is 2.65. The molecule has 2 aromatic carbocycles. The minimum atomic E-state index is 0.614. The predicted octanol–water partition coefficient (Wildman–Crippen LogP) is 5.42. The minimum absolute atomic E-state index is 0.614. The van der Waals surface area contributed by atoms with Crippen LogP contribution in [0.3, 0.4) is 0 Å². The summed E-state index contributed by atoms with van der Waals surface area (Å²) in [6.45, 7) is 5.05. The number of benzene rings is 2. The second kappa shape index (κ2) is 8.48. The fraction of sp³-hybridized carbons (Fsp3) is 0.273. The molecule has 0 aliphatic rings. The van der Waals surface area contributed by atoms with Crippen LogP contribution in [0.2, 0.25) is 0 Å². The van der Waals surface area contributed by atoms with Gasteiger partial charge in [-0.15, -0.1) is 0 Å². The summed E-state index contributed by atoms with van der Waals surface area (Å²) in [7, 11) is 1.66.